The van der Waals surface area contributed by atoms with Crippen LogP contribution >= 0.6 is 0 Å². The van der Waals surface area contributed by atoms with E-state index in [0.717, 1.165) is 6.54 Å². The van der Waals surface area contributed by atoms with Crippen LogP contribution in [0.4, 0.5) is 0 Å². The molecule has 0 atom stereocenters. The Morgan fingerprint density at radius 1 is 1.24 bits per heavy atom. The van der Waals surface area contributed by atoms with Crippen LogP contribution in [0.15, 0.2) is 18.2 Å². The molecule has 0 bridgehead atoms. The molecule has 0 spiro atoms. The lowest BCUT2D eigenvalue weighted by Gasteiger charge is -2.42. The third-order valence-electron chi connectivity index (χ3n) is 4.37. The summed E-state index contributed by atoms with van der Waals surface area (Å²) in [5.74, 6) is 0. The molecule has 0 heterocycles. The number of hydrogen-bond donors (Lipinski definition) is 1. The SMILES string of the molecule is Cc1cc(C(C)(C)C)ccc1C1(CN)CCC1. The Bertz CT molecular complexity index is 403. The third-order valence-corrected chi connectivity index (χ3v) is 4.37. The van der Waals surface area contributed by atoms with Gasteiger partial charge in [0.1, 0.15) is 0 Å². The zero-order valence-corrected chi connectivity index (χ0v) is 11.6. The van der Waals surface area contributed by atoms with Gasteiger partial charge in [-0.1, -0.05) is 45.4 Å². The molecule has 0 amide bonds. The van der Waals surface area contributed by atoms with Gasteiger partial charge in [0, 0.05) is 12.0 Å². The maximum atomic E-state index is 5.99. The van der Waals surface area contributed by atoms with Crippen LogP contribution in [0, 0.1) is 6.92 Å². The van der Waals surface area contributed by atoms with E-state index in [-0.39, 0.29) is 5.41 Å². The quantitative estimate of drug-likeness (QED) is 0.825. The highest BCUT2D eigenvalue weighted by molar-refractivity contribution is 5.40. The van der Waals surface area contributed by atoms with Gasteiger partial charge in [0.25, 0.3) is 0 Å². The van der Waals surface area contributed by atoms with E-state index >= 15 is 0 Å². The molecule has 2 rings (SSSR count). The van der Waals surface area contributed by atoms with Crippen molar-refractivity contribution in [1.29, 1.82) is 0 Å². The minimum absolute atomic E-state index is 0.235. The summed E-state index contributed by atoms with van der Waals surface area (Å²) in [6.45, 7) is 9.83. The second-order valence-electron chi connectivity index (χ2n) is 6.62. The van der Waals surface area contributed by atoms with Crippen LogP contribution in [0.3, 0.4) is 0 Å². The Balaban J connectivity index is 2.38. The molecule has 0 aromatic heterocycles. The van der Waals surface area contributed by atoms with Crippen molar-refractivity contribution in [2.45, 2.75) is 57.8 Å². The van der Waals surface area contributed by atoms with Crippen LogP contribution in [-0.4, -0.2) is 6.54 Å². The van der Waals surface area contributed by atoms with Gasteiger partial charge >= 0.3 is 0 Å². The molecule has 0 aliphatic heterocycles. The average Bonchev–Trinajstić information content (AvgIpc) is 2.17. The standard InChI is InChI=1S/C16H25N/c1-12-10-13(15(2,3)4)6-7-14(12)16(11-17)8-5-9-16/h6-7,10H,5,8-9,11,17H2,1-4H3. The Labute approximate surface area is 105 Å². The highest BCUT2D eigenvalue weighted by atomic mass is 14.6. The summed E-state index contributed by atoms with van der Waals surface area (Å²) < 4.78 is 0. The van der Waals surface area contributed by atoms with E-state index in [1.54, 1.807) is 0 Å². The van der Waals surface area contributed by atoms with Gasteiger partial charge in [-0.25, -0.2) is 0 Å². The minimum atomic E-state index is 0.235. The van der Waals surface area contributed by atoms with E-state index in [0.29, 0.717) is 5.41 Å². The van der Waals surface area contributed by atoms with E-state index in [1.165, 1.54) is 36.0 Å². The highest BCUT2D eigenvalue weighted by Crippen LogP contribution is 2.44. The molecule has 94 valence electrons. The Morgan fingerprint density at radius 3 is 2.24 bits per heavy atom. The van der Waals surface area contributed by atoms with Crippen molar-refractivity contribution in [3.05, 3.63) is 34.9 Å². The van der Waals surface area contributed by atoms with Crippen molar-refractivity contribution >= 4 is 0 Å². The fourth-order valence-electron chi connectivity index (χ4n) is 2.91. The van der Waals surface area contributed by atoms with E-state index in [4.69, 9.17) is 5.73 Å². The lowest BCUT2D eigenvalue weighted by Crippen LogP contribution is -2.42. The number of rotatable bonds is 2. The van der Waals surface area contributed by atoms with Crippen molar-refractivity contribution < 1.29 is 0 Å². The first-order valence-electron chi connectivity index (χ1n) is 6.71. The number of nitrogens with two attached hydrogens (primary N) is 1. The zero-order chi connectivity index (χ0) is 12.7. The summed E-state index contributed by atoms with van der Waals surface area (Å²) in [5.41, 5.74) is 10.8. The number of benzene rings is 1. The van der Waals surface area contributed by atoms with E-state index < -0.39 is 0 Å². The Kier molecular flexibility index (Phi) is 3.07. The molecular weight excluding hydrogens is 206 g/mol. The summed E-state index contributed by atoms with van der Waals surface area (Å²) in [7, 11) is 0. The van der Waals surface area contributed by atoms with Crippen molar-refractivity contribution in [2.75, 3.05) is 6.54 Å². The molecule has 1 aliphatic carbocycles. The van der Waals surface area contributed by atoms with Crippen molar-refractivity contribution in [3.8, 4) is 0 Å². The zero-order valence-electron chi connectivity index (χ0n) is 11.6. The van der Waals surface area contributed by atoms with Crippen molar-refractivity contribution in [1.82, 2.24) is 0 Å². The smallest absolute Gasteiger partial charge is 0.00782 e. The van der Waals surface area contributed by atoms with Crippen molar-refractivity contribution in [3.63, 3.8) is 0 Å². The first kappa shape index (κ1) is 12.6. The summed E-state index contributed by atoms with van der Waals surface area (Å²) in [6.07, 6.45) is 3.86. The van der Waals surface area contributed by atoms with Gasteiger partial charge in [-0.2, -0.15) is 0 Å². The molecule has 17 heavy (non-hydrogen) atoms. The molecule has 0 saturated heterocycles. The van der Waals surface area contributed by atoms with Gasteiger partial charge < -0.3 is 5.73 Å². The molecule has 1 saturated carbocycles. The average molecular weight is 231 g/mol. The molecule has 1 fully saturated rings. The van der Waals surface area contributed by atoms with Crippen LogP contribution in [0.1, 0.15) is 56.7 Å². The second-order valence-corrected chi connectivity index (χ2v) is 6.62. The molecule has 1 nitrogen and oxygen atoms in total. The molecule has 2 N–H and O–H groups in total. The van der Waals surface area contributed by atoms with E-state index in [9.17, 15) is 0 Å². The highest BCUT2D eigenvalue weighted by Gasteiger charge is 2.38. The second kappa shape index (κ2) is 4.13. The van der Waals surface area contributed by atoms with Crippen LogP contribution in [-0.2, 0) is 10.8 Å². The van der Waals surface area contributed by atoms with Gasteiger partial charge in [-0.05, 0) is 41.9 Å². The van der Waals surface area contributed by atoms with Crippen LogP contribution in [0.25, 0.3) is 0 Å². The van der Waals surface area contributed by atoms with Gasteiger partial charge in [0.05, 0.1) is 0 Å². The van der Waals surface area contributed by atoms with Crippen molar-refractivity contribution in [2.24, 2.45) is 5.73 Å². The lowest BCUT2D eigenvalue weighted by atomic mass is 9.63. The van der Waals surface area contributed by atoms with Crippen LogP contribution in [0.2, 0.25) is 0 Å². The molecule has 1 aliphatic rings. The molecular formula is C16H25N. The third kappa shape index (κ3) is 2.13. The maximum absolute atomic E-state index is 5.99. The fraction of sp³-hybridized carbons (Fsp3) is 0.625. The van der Waals surface area contributed by atoms with E-state index in [2.05, 4.69) is 45.9 Å². The number of hydrogen-bond acceptors (Lipinski definition) is 1. The summed E-state index contributed by atoms with van der Waals surface area (Å²) in [5, 5.41) is 0. The Hall–Kier alpha value is -0.820. The normalized spacial score (nSPS) is 18.9. The first-order valence-corrected chi connectivity index (χ1v) is 6.71. The monoisotopic (exact) mass is 231 g/mol. The molecule has 1 aromatic carbocycles. The predicted molar refractivity (Wildman–Crippen MR) is 74.5 cm³/mol. The largest absolute Gasteiger partial charge is 0.330 e. The van der Waals surface area contributed by atoms with Gasteiger partial charge in [-0.3, -0.25) is 0 Å². The van der Waals surface area contributed by atoms with Gasteiger partial charge in [-0.15, -0.1) is 0 Å². The lowest BCUT2D eigenvalue weighted by molar-refractivity contribution is 0.252. The topological polar surface area (TPSA) is 26.0 Å². The Morgan fingerprint density at radius 2 is 1.88 bits per heavy atom. The maximum Gasteiger partial charge on any atom is 0.00782 e. The minimum Gasteiger partial charge on any atom is -0.330 e. The van der Waals surface area contributed by atoms with Crippen LogP contribution < -0.4 is 5.73 Å². The van der Waals surface area contributed by atoms with Gasteiger partial charge in [0.2, 0.25) is 0 Å². The molecule has 0 unspecified atom stereocenters. The predicted octanol–water partition coefficient (Wildman–Crippen LogP) is 3.67. The summed E-state index contributed by atoms with van der Waals surface area (Å²) in [4.78, 5) is 0. The first-order chi connectivity index (χ1) is 7.89. The van der Waals surface area contributed by atoms with Crippen LogP contribution in [0.5, 0.6) is 0 Å². The number of aryl methyl sites for hydroxylation is 1. The summed E-state index contributed by atoms with van der Waals surface area (Å²) in [6, 6.07) is 6.96. The van der Waals surface area contributed by atoms with E-state index in [1.807, 2.05) is 0 Å². The van der Waals surface area contributed by atoms with Gasteiger partial charge in [0.15, 0.2) is 0 Å². The molecule has 1 aromatic rings. The summed E-state index contributed by atoms with van der Waals surface area (Å²) >= 11 is 0. The molecule has 1 heteroatoms. The fourth-order valence-corrected chi connectivity index (χ4v) is 2.91. The molecule has 0 radical (unpaired) electrons.